The van der Waals surface area contributed by atoms with E-state index in [-0.39, 0.29) is 41.1 Å². The summed E-state index contributed by atoms with van der Waals surface area (Å²) in [7, 11) is 2.59. The van der Waals surface area contributed by atoms with Gasteiger partial charge >= 0.3 is 12.2 Å². The van der Waals surface area contributed by atoms with Crippen LogP contribution in [0, 0.1) is 17.3 Å². The van der Waals surface area contributed by atoms with Gasteiger partial charge in [-0.15, -0.1) is 0 Å². The van der Waals surface area contributed by atoms with E-state index in [9.17, 15) is 19.2 Å². The van der Waals surface area contributed by atoms with E-state index in [1.807, 2.05) is 62.7 Å². The van der Waals surface area contributed by atoms with Crippen molar-refractivity contribution < 1.29 is 38.1 Å². The number of nitrogens with zero attached hydrogens (tertiary/aromatic N) is 4. The van der Waals surface area contributed by atoms with Crippen LogP contribution in [0.1, 0.15) is 103 Å². The van der Waals surface area contributed by atoms with Gasteiger partial charge in [0.1, 0.15) is 36.1 Å². The third kappa shape index (κ3) is 9.70. The summed E-state index contributed by atoms with van der Waals surface area (Å²) < 4.78 is 21.5. The molecule has 2 saturated heterocycles. The van der Waals surface area contributed by atoms with Gasteiger partial charge in [0.2, 0.25) is 11.8 Å². The number of aromatic amines is 2. The van der Waals surface area contributed by atoms with E-state index in [0.717, 1.165) is 77.2 Å². The van der Waals surface area contributed by atoms with E-state index in [1.54, 1.807) is 0 Å². The Kier molecular flexibility index (Phi) is 13.8. The monoisotopic (exact) mass is 866 g/mol. The topological polar surface area (TPSA) is 193 Å². The lowest BCUT2D eigenvalue weighted by Crippen LogP contribution is -2.51. The molecule has 4 N–H and O–H groups in total. The molecular weight excluding hydrogens is 805 g/mol. The van der Waals surface area contributed by atoms with Crippen molar-refractivity contribution in [2.45, 2.75) is 104 Å². The molecule has 3 aliphatic heterocycles. The number of hydrogen-bond acceptors (Lipinski definition) is 10. The summed E-state index contributed by atoms with van der Waals surface area (Å²) in [6, 6.07) is 12.3. The zero-order valence-corrected chi connectivity index (χ0v) is 37.7. The smallest absolute Gasteiger partial charge is 0.407 e. The van der Waals surface area contributed by atoms with Crippen LogP contribution in [0.25, 0.3) is 33.6 Å². The highest BCUT2D eigenvalue weighted by atomic mass is 16.5. The van der Waals surface area contributed by atoms with Crippen LogP contribution in [0.5, 0.6) is 5.75 Å². The molecule has 5 atom stereocenters. The number of aromatic nitrogens is 4. The maximum atomic E-state index is 14.2. The van der Waals surface area contributed by atoms with Crippen molar-refractivity contribution in [1.29, 1.82) is 0 Å². The van der Waals surface area contributed by atoms with Crippen LogP contribution in [0.4, 0.5) is 9.59 Å². The summed E-state index contributed by atoms with van der Waals surface area (Å²) in [5.74, 6) is 1.54. The average Bonchev–Trinajstić information content (AvgIpc) is 4.11. The summed E-state index contributed by atoms with van der Waals surface area (Å²) in [4.78, 5) is 72.8. The molecule has 16 heteroatoms. The Bertz CT molecular complexity index is 2270. The van der Waals surface area contributed by atoms with Crippen molar-refractivity contribution in [3.63, 3.8) is 0 Å². The van der Waals surface area contributed by atoms with Gasteiger partial charge in [0.25, 0.3) is 0 Å². The lowest BCUT2D eigenvalue weighted by Gasteiger charge is -2.30. The molecule has 0 radical (unpaired) electrons. The van der Waals surface area contributed by atoms with E-state index >= 15 is 0 Å². The number of carbonyl (C=O) groups is 4. The Labute approximate surface area is 369 Å². The van der Waals surface area contributed by atoms with E-state index in [1.165, 1.54) is 14.2 Å². The van der Waals surface area contributed by atoms with Crippen LogP contribution in [0.15, 0.2) is 48.7 Å². The molecule has 338 valence electrons. The van der Waals surface area contributed by atoms with Gasteiger partial charge in [-0.2, -0.15) is 0 Å². The third-order valence-corrected chi connectivity index (χ3v) is 12.7. The highest BCUT2D eigenvalue weighted by Gasteiger charge is 2.47. The van der Waals surface area contributed by atoms with Gasteiger partial charge in [0.15, 0.2) is 0 Å². The molecule has 0 saturated carbocycles. The number of hydrogen-bond donors (Lipinski definition) is 4. The predicted octanol–water partition coefficient (Wildman–Crippen LogP) is 7.55. The molecule has 7 rings (SSSR count). The van der Waals surface area contributed by atoms with Gasteiger partial charge in [-0.05, 0) is 85.1 Å². The number of methoxy groups -OCH3 is 2. The molecule has 16 nitrogen and oxygen atoms in total. The van der Waals surface area contributed by atoms with Crippen LogP contribution in [-0.2, 0) is 30.4 Å². The maximum Gasteiger partial charge on any atom is 0.407 e. The number of ether oxygens (including phenoxy) is 4. The second kappa shape index (κ2) is 19.2. The lowest BCUT2D eigenvalue weighted by molar-refractivity contribution is -0.136. The summed E-state index contributed by atoms with van der Waals surface area (Å²) in [6.45, 7) is 14.6. The van der Waals surface area contributed by atoms with Gasteiger partial charge in [0.05, 0.1) is 49.6 Å². The minimum atomic E-state index is -0.748. The minimum absolute atomic E-state index is 0.125. The van der Waals surface area contributed by atoms with Crippen molar-refractivity contribution in [2.75, 3.05) is 40.5 Å². The molecule has 63 heavy (non-hydrogen) atoms. The van der Waals surface area contributed by atoms with E-state index in [4.69, 9.17) is 28.9 Å². The molecule has 4 amide bonds. The first kappa shape index (κ1) is 45.1. The number of nitrogens with one attached hydrogen (secondary N) is 4. The van der Waals surface area contributed by atoms with Crippen LogP contribution in [0.3, 0.4) is 0 Å². The van der Waals surface area contributed by atoms with E-state index in [0.29, 0.717) is 44.6 Å². The Hall–Kier alpha value is -5.90. The first-order valence-electron chi connectivity index (χ1n) is 22.1. The van der Waals surface area contributed by atoms with Crippen molar-refractivity contribution in [3.8, 4) is 39.4 Å². The summed E-state index contributed by atoms with van der Waals surface area (Å²) >= 11 is 0. The molecule has 0 spiro atoms. The third-order valence-electron chi connectivity index (χ3n) is 12.7. The number of imidazole rings is 2. The molecular formula is C47H62N8O8. The molecule has 0 aliphatic carbocycles. The van der Waals surface area contributed by atoms with Gasteiger partial charge in [0, 0.05) is 31.9 Å². The van der Waals surface area contributed by atoms with Gasteiger partial charge in [-0.1, -0.05) is 65.0 Å². The molecule has 0 unspecified atom stereocenters. The van der Waals surface area contributed by atoms with Gasteiger partial charge < -0.3 is 49.3 Å². The Balaban J connectivity index is 1.07. The Morgan fingerprint density at radius 3 is 2.17 bits per heavy atom. The molecule has 3 aliphatic rings. The van der Waals surface area contributed by atoms with Crippen molar-refractivity contribution in [2.24, 2.45) is 17.3 Å². The van der Waals surface area contributed by atoms with Crippen LogP contribution in [0.2, 0.25) is 0 Å². The summed E-state index contributed by atoms with van der Waals surface area (Å²) in [5.41, 5.74) is 6.14. The second-order valence-electron chi connectivity index (χ2n) is 17.9. The van der Waals surface area contributed by atoms with Gasteiger partial charge in [-0.25, -0.2) is 19.6 Å². The van der Waals surface area contributed by atoms with Crippen molar-refractivity contribution >= 4 is 24.0 Å². The van der Waals surface area contributed by atoms with Crippen LogP contribution < -0.4 is 15.4 Å². The first-order chi connectivity index (χ1) is 30.2. The fourth-order valence-electron chi connectivity index (χ4n) is 9.21. The number of amides is 4. The fourth-order valence-corrected chi connectivity index (χ4v) is 9.21. The zero-order chi connectivity index (χ0) is 45.0. The molecule has 2 aromatic carbocycles. The van der Waals surface area contributed by atoms with Crippen molar-refractivity contribution in [1.82, 2.24) is 40.4 Å². The predicted molar refractivity (Wildman–Crippen MR) is 236 cm³/mol. The highest BCUT2D eigenvalue weighted by Crippen LogP contribution is 2.46. The van der Waals surface area contributed by atoms with Gasteiger partial charge in [-0.3, -0.25) is 9.59 Å². The van der Waals surface area contributed by atoms with Crippen molar-refractivity contribution in [3.05, 3.63) is 66.0 Å². The summed E-state index contributed by atoms with van der Waals surface area (Å²) in [6.07, 6.45) is 4.61. The van der Waals surface area contributed by atoms with E-state index < -0.39 is 24.3 Å². The molecule has 0 bridgehead atoms. The SMILES string of the molecule is CCOCCC[C@]1(C)C[C@@H](c2ncc(-c3ccc(-c4ccc5c(c4)OCc4[nH]c([C@@H]6CCCN6C(=O)[C@@H](NC(=O)OC)C(C)C)nc4-5)cc3)[nH]2)N(C(=O)[C@@H](NC(=O)OC)C(C)C)C1. The number of likely N-dealkylation sites (tertiary alicyclic amines) is 2. The first-order valence-corrected chi connectivity index (χ1v) is 22.1. The Morgan fingerprint density at radius 1 is 0.873 bits per heavy atom. The normalized spacial score (nSPS) is 20.2. The fraction of sp³-hybridized carbons (Fsp3) is 0.532. The number of fused-ring (bicyclic) bond motifs is 3. The number of H-pyrrole nitrogens is 2. The Morgan fingerprint density at radius 2 is 1.52 bits per heavy atom. The standard InChI is InChI=1S/C47H62N8O8/c1-9-62-21-11-19-47(6)23-36(55(26-47)44(57)39(28(4)5)53-46(59)61-8)41-48-24-33(49-41)30-15-13-29(14-16-30)31-17-18-32-37(22-31)63-25-34-40(32)51-42(50-34)35-12-10-20-54(35)43(56)38(27(2)3)52-45(58)60-7/h13-18,22,24,27-28,35-36,38-39H,9-12,19-21,23,25-26H2,1-8H3,(H,48,49)(H,50,51)(H,52,58)(H,53,59)/t35-,36-,38-,39-,47+/m0/s1. The maximum absolute atomic E-state index is 14.2. The molecule has 5 heterocycles. The number of carbonyl (C=O) groups excluding carboxylic acids is 4. The number of rotatable bonds is 15. The average molecular weight is 867 g/mol. The number of benzene rings is 2. The lowest BCUT2D eigenvalue weighted by atomic mass is 9.83. The highest BCUT2D eigenvalue weighted by molar-refractivity contribution is 5.87. The van der Waals surface area contributed by atoms with Crippen LogP contribution >= 0.6 is 0 Å². The minimum Gasteiger partial charge on any atom is -0.487 e. The largest absolute Gasteiger partial charge is 0.487 e. The molecule has 4 aromatic rings. The second-order valence-corrected chi connectivity index (χ2v) is 17.9. The van der Waals surface area contributed by atoms with E-state index in [2.05, 4.69) is 57.9 Å². The molecule has 2 aromatic heterocycles. The van der Waals surface area contributed by atoms with Crippen LogP contribution in [-0.4, -0.2) is 106 Å². The summed E-state index contributed by atoms with van der Waals surface area (Å²) in [5, 5.41) is 5.47. The molecule has 2 fully saturated rings. The zero-order valence-electron chi connectivity index (χ0n) is 37.7. The number of alkyl carbamates (subject to hydrolysis) is 2. The quantitative estimate of drug-likeness (QED) is 0.0868.